The molecule has 0 heterocycles. The molecule has 5 nitrogen and oxygen atoms in total. The average Bonchev–Trinajstić information content (AvgIpc) is 2.44. The van der Waals surface area contributed by atoms with Gasteiger partial charge in [-0.3, -0.25) is 9.59 Å². The van der Waals surface area contributed by atoms with Crippen molar-refractivity contribution in [3.8, 4) is 6.07 Å². The van der Waals surface area contributed by atoms with E-state index in [1.54, 1.807) is 0 Å². The molecule has 5 heteroatoms. The Hall–Kier alpha value is -1.57. The van der Waals surface area contributed by atoms with E-state index in [1.807, 2.05) is 32.6 Å². The standard InChI is InChI=1S/C17H20N2O3/c1-6(2)19(7(3)4)13(20)16-9-8-10(16)12-15(8,5-18)11(9)17(12,16)14(21)22/h6-12H,1-4H3,(H,21,22)/t8?,9-,10-,11+,12+,15?,16?,17?/m0/s1. The number of carbonyl (C=O) groups is 2. The fourth-order valence-electron chi connectivity index (χ4n) is 8.08. The van der Waals surface area contributed by atoms with E-state index < -0.39 is 16.8 Å². The summed E-state index contributed by atoms with van der Waals surface area (Å²) >= 11 is 0. The molecule has 6 aliphatic carbocycles. The molecule has 6 saturated carbocycles. The molecule has 22 heavy (non-hydrogen) atoms. The molecule has 0 spiro atoms. The van der Waals surface area contributed by atoms with Crippen LogP contribution in [0.2, 0.25) is 0 Å². The zero-order valence-electron chi connectivity index (χ0n) is 13.2. The second-order valence-electron chi connectivity index (χ2n) is 8.52. The highest BCUT2D eigenvalue weighted by Crippen LogP contribution is 3.14. The first kappa shape index (κ1) is 12.9. The van der Waals surface area contributed by atoms with Gasteiger partial charge in [0.2, 0.25) is 5.91 Å². The van der Waals surface area contributed by atoms with Gasteiger partial charge in [0.15, 0.2) is 0 Å². The number of rotatable bonds is 4. The van der Waals surface area contributed by atoms with E-state index in [0.29, 0.717) is 5.92 Å². The van der Waals surface area contributed by atoms with E-state index in [-0.39, 0.29) is 47.1 Å². The van der Waals surface area contributed by atoms with Crippen LogP contribution in [0.4, 0.5) is 0 Å². The monoisotopic (exact) mass is 300 g/mol. The van der Waals surface area contributed by atoms with Gasteiger partial charge in [0.05, 0.1) is 22.3 Å². The first-order valence-corrected chi connectivity index (χ1v) is 8.26. The maximum absolute atomic E-state index is 13.3. The quantitative estimate of drug-likeness (QED) is 0.849. The molecule has 1 N–H and O–H groups in total. The minimum Gasteiger partial charge on any atom is -0.481 e. The topological polar surface area (TPSA) is 81.4 Å². The average molecular weight is 300 g/mol. The first-order valence-electron chi connectivity index (χ1n) is 8.26. The summed E-state index contributed by atoms with van der Waals surface area (Å²) in [5, 5.41) is 19.4. The lowest BCUT2D eigenvalue weighted by atomic mass is 8.88. The van der Waals surface area contributed by atoms with E-state index in [1.165, 1.54) is 0 Å². The molecule has 0 aromatic carbocycles. The molecule has 0 unspecified atom stereocenters. The Balaban J connectivity index is 1.58. The predicted octanol–water partition coefficient (Wildman–Crippen LogP) is 1.35. The zero-order chi connectivity index (χ0) is 16.0. The van der Waals surface area contributed by atoms with E-state index in [0.717, 1.165) is 0 Å². The molecule has 0 bridgehead atoms. The van der Waals surface area contributed by atoms with Gasteiger partial charge in [-0.05, 0) is 57.3 Å². The summed E-state index contributed by atoms with van der Waals surface area (Å²) in [6, 6.07) is 2.56. The number of hydrogen-bond donors (Lipinski definition) is 1. The minimum atomic E-state index is -0.897. The van der Waals surface area contributed by atoms with Crippen LogP contribution in [0, 0.1) is 57.2 Å². The SMILES string of the molecule is CC(C)N(C(=O)C12[C@H]3C4[C@H]1[C@@H]1C4(C#N)[C@@H]3C12C(=O)O)C(C)C. The number of amides is 1. The van der Waals surface area contributed by atoms with Crippen LogP contribution in [-0.4, -0.2) is 34.0 Å². The third kappa shape index (κ3) is 0.655. The van der Waals surface area contributed by atoms with E-state index in [4.69, 9.17) is 0 Å². The van der Waals surface area contributed by atoms with Crippen LogP contribution in [0.1, 0.15) is 27.7 Å². The van der Waals surface area contributed by atoms with Gasteiger partial charge in [0.25, 0.3) is 0 Å². The highest BCUT2D eigenvalue weighted by Gasteiger charge is 3.19. The molecular formula is C17H20N2O3. The Morgan fingerprint density at radius 1 is 1.05 bits per heavy atom. The van der Waals surface area contributed by atoms with Crippen LogP contribution in [0.25, 0.3) is 0 Å². The van der Waals surface area contributed by atoms with Crippen LogP contribution < -0.4 is 0 Å². The zero-order valence-corrected chi connectivity index (χ0v) is 13.2. The lowest BCUT2D eigenvalue weighted by molar-refractivity contribution is -0.655. The second-order valence-corrected chi connectivity index (χ2v) is 8.52. The van der Waals surface area contributed by atoms with Crippen LogP contribution in [-0.2, 0) is 9.59 Å². The maximum atomic E-state index is 13.3. The van der Waals surface area contributed by atoms with Gasteiger partial charge in [0.1, 0.15) is 0 Å². The number of carboxylic acids is 1. The minimum absolute atomic E-state index is 0.0462. The number of carbonyl (C=O) groups excluding carboxylic acids is 1. The lowest BCUT2D eigenvalue weighted by Crippen LogP contribution is -3.16. The van der Waals surface area contributed by atoms with E-state index >= 15 is 0 Å². The summed E-state index contributed by atoms with van der Waals surface area (Å²) in [5.74, 6) is -0.222. The lowest BCUT2D eigenvalue weighted by Gasteiger charge is -3.11. The van der Waals surface area contributed by atoms with Gasteiger partial charge in [-0.2, -0.15) is 5.26 Å². The fourth-order valence-corrected chi connectivity index (χ4v) is 8.08. The van der Waals surface area contributed by atoms with Crippen molar-refractivity contribution >= 4 is 11.9 Å². The smallest absolute Gasteiger partial charge is 0.311 e. The molecular weight excluding hydrogens is 280 g/mol. The molecule has 0 aromatic heterocycles. The normalized spacial score (nSPS) is 56.7. The molecule has 0 aliphatic heterocycles. The summed E-state index contributed by atoms with van der Waals surface area (Å²) in [6.07, 6.45) is 0. The van der Waals surface area contributed by atoms with E-state index in [9.17, 15) is 20.0 Å². The Morgan fingerprint density at radius 2 is 1.55 bits per heavy atom. The Kier molecular flexibility index (Phi) is 1.72. The number of aliphatic carboxylic acids is 1. The Morgan fingerprint density at radius 3 is 1.91 bits per heavy atom. The molecule has 0 radical (unpaired) electrons. The summed E-state index contributed by atoms with van der Waals surface area (Å²) in [4.78, 5) is 27.2. The number of hydrogen-bond acceptors (Lipinski definition) is 3. The van der Waals surface area contributed by atoms with Gasteiger partial charge >= 0.3 is 5.97 Å². The Bertz CT molecular complexity index is 675. The maximum Gasteiger partial charge on any atom is 0.311 e. The Labute approximate surface area is 129 Å². The highest BCUT2D eigenvalue weighted by molar-refractivity contribution is 6.04. The van der Waals surface area contributed by atoms with Crippen molar-refractivity contribution in [2.24, 2.45) is 45.8 Å². The second kappa shape index (κ2) is 2.93. The van der Waals surface area contributed by atoms with Crippen molar-refractivity contribution in [2.75, 3.05) is 0 Å². The summed E-state index contributed by atoms with van der Waals surface area (Å²) in [7, 11) is 0. The number of nitriles is 1. The molecule has 116 valence electrons. The van der Waals surface area contributed by atoms with Crippen molar-refractivity contribution in [1.82, 2.24) is 4.90 Å². The molecule has 4 atom stereocenters. The van der Waals surface area contributed by atoms with Crippen molar-refractivity contribution in [2.45, 2.75) is 39.8 Å². The number of carboxylic acid groups (broad SMARTS) is 1. The summed E-state index contributed by atoms with van der Waals surface area (Å²) in [5.41, 5.74) is -1.92. The third-order valence-corrected chi connectivity index (χ3v) is 8.04. The molecule has 6 aliphatic rings. The predicted molar refractivity (Wildman–Crippen MR) is 75.1 cm³/mol. The van der Waals surface area contributed by atoms with Gasteiger partial charge in [-0.15, -0.1) is 0 Å². The summed E-state index contributed by atoms with van der Waals surface area (Å²) in [6.45, 7) is 7.96. The van der Waals surface area contributed by atoms with Gasteiger partial charge in [-0.25, -0.2) is 0 Å². The van der Waals surface area contributed by atoms with Crippen LogP contribution in [0.3, 0.4) is 0 Å². The van der Waals surface area contributed by atoms with Crippen molar-refractivity contribution < 1.29 is 14.7 Å². The van der Waals surface area contributed by atoms with Crippen LogP contribution >= 0.6 is 0 Å². The molecule has 6 fully saturated rings. The van der Waals surface area contributed by atoms with Crippen molar-refractivity contribution in [3.05, 3.63) is 0 Å². The fraction of sp³-hybridized carbons (Fsp3) is 0.824. The van der Waals surface area contributed by atoms with Gasteiger partial charge in [0, 0.05) is 12.1 Å². The molecule has 6 rings (SSSR count). The van der Waals surface area contributed by atoms with Crippen LogP contribution in [0.5, 0.6) is 0 Å². The van der Waals surface area contributed by atoms with Gasteiger partial charge < -0.3 is 10.0 Å². The molecule has 0 aromatic rings. The molecule has 0 saturated heterocycles. The van der Waals surface area contributed by atoms with Crippen molar-refractivity contribution in [1.29, 1.82) is 5.26 Å². The first-order chi connectivity index (χ1) is 10.3. The largest absolute Gasteiger partial charge is 0.481 e. The van der Waals surface area contributed by atoms with Gasteiger partial charge in [-0.1, -0.05) is 0 Å². The van der Waals surface area contributed by atoms with Crippen molar-refractivity contribution in [3.63, 3.8) is 0 Å². The molecule has 1 amide bonds. The van der Waals surface area contributed by atoms with Crippen LogP contribution in [0.15, 0.2) is 0 Å². The highest BCUT2D eigenvalue weighted by atomic mass is 16.4. The third-order valence-electron chi connectivity index (χ3n) is 8.04. The summed E-state index contributed by atoms with van der Waals surface area (Å²) < 4.78 is 0. The van der Waals surface area contributed by atoms with E-state index in [2.05, 4.69) is 6.07 Å². The number of nitrogens with zero attached hydrogens (tertiary/aromatic N) is 2.